The van der Waals surface area contributed by atoms with Crippen molar-refractivity contribution in [1.29, 1.82) is 0 Å². The first-order valence-corrected chi connectivity index (χ1v) is 7.76. The summed E-state index contributed by atoms with van der Waals surface area (Å²) in [6.07, 6.45) is 6.87. The monoisotopic (exact) mass is 279 g/mol. The third-order valence-electron chi connectivity index (χ3n) is 4.85. The van der Waals surface area contributed by atoms with Gasteiger partial charge in [0, 0.05) is 28.8 Å². The van der Waals surface area contributed by atoms with E-state index in [-0.39, 0.29) is 0 Å². The highest BCUT2D eigenvalue weighted by Gasteiger charge is 2.56. The smallest absolute Gasteiger partial charge is 0.0670 e. The summed E-state index contributed by atoms with van der Waals surface area (Å²) in [6.45, 7) is 2.93. The summed E-state index contributed by atoms with van der Waals surface area (Å²) in [4.78, 5) is 0. The third-order valence-corrected chi connectivity index (χ3v) is 5.09. The molecule has 1 spiro atoms. The van der Waals surface area contributed by atoms with Crippen LogP contribution in [0.25, 0.3) is 0 Å². The van der Waals surface area contributed by atoms with E-state index in [1.807, 2.05) is 18.2 Å². The number of ether oxygens (including phenoxy) is 1. The van der Waals surface area contributed by atoms with Gasteiger partial charge in [-0.3, -0.25) is 0 Å². The average Bonchev–Trinajstić information content (AvgIpc) is 2.90. The Kier molecular flexibility index (Phi) is 3.72. The second kappa shape index (κ2) is 5.34. The van der Waals surface area contributed by atoms with Gasteiger partial charge >= 0.3 is 0 Å². The fourth-order valence-electron chi connectivity index (χ4n) is 3.87. The van der Waals surface area contributed by atoms with E-state index in [1.165, 1.54) is 25.7 Å². The SMILES string of the molecule is CCOC1CC(Nc2cccc(Cl)c2)C12CCCC2. The molecule has 0 aromatic heterocycles. The van der Waals surface area contributed by atoms with Gasteiger partial charge in [-0.2, -0.15) is 0 Å². The van der Waals surface area contributed by atoms with Gasteiger partial charge in [-0.05, 0) is 44.4 Å². The molecule has 0 bridgehead atoms. The highest BCUT2D eigenvalue weighted by molar-refractivity contribution is 6.30. The second-order valence-corrected chi connectivity index (χ2v) is 6.26. The lowest BCUT2D eigenvalue weighted by molar-refractivity contribution is -0.114. The molecular formula is C16H22ClNO. The minimum Gasteiger partial charge on any atom is -0.382 e. The second-order valence-electron chi connectivity index (χ2n) is 5.83. The van der Waals surface area contributed by atoms with Crippen LogP contribution in [0.4, 0.5) is 5.69 Å². The van der Waals surface area contributed by atoms with E-state index in [2.05, 4.69) is 18.3 Å². The van der Waals surface area contributed by atoms with Crippen molar-refractivity contribution in [3.05, 3.63) is 29.3 Å². The van der Waals surface area contributed by atoms with Crippen molar-refractivity contribution in [3.63, 3.8) is 0 Å². The molecule has 1 N–H and O–H groups in total. The summed E-state index contributed by atoms with van der Waals surface area (Å²) < 4.78 is 5.94. The van der Waals surface area contributed by atoms with Gasteiger partial charge < -0.3 is 10.1 Å². The van der Waals surface area contributed by atoms with Crippen LogP contribution in [0, 0.1) is 5.41 Å². The summed E-state index contributed by atoms with van der Waals surface area (Å²) in [6, 6.07) is 8.58. The van der Waals surface area contributed by atoms with Crippen molar-refractivity contribution in [3.8, 4) is 0 Å². The molecule has 2 fully saturated rings. The lowest BCUT2D eigenvalue weighted by atomic mass is 9.60. The maximum Gasteiger partial charge on any atom is 0.0670 e. The van der Waals surface area contributed by atoms with Crippen molar-refractivity contribution in [2.45, 2.75) is 51.2 Å². The van der Waals surface area contributed by atoms with E-state index in [1.54, 1.807) is 0 Å². The number of halogens is 1. The average molecular weight is 280 g/mol. The molecule has 104 valence electrons. The molecule has 2 saturated carbocycles. The molecule has 2 aliphatic rings. The number of rotatable bonds is 4. The zero-order valence-corrected chi connectivity index (χ0v) is 12.2. The lowest BCUT2D eigenvalue weighted by Crippen LogP contribution is -2.60. The predicted octanol–water partition coefficient (Wildman–Crippen LogP) is 4.49. The molecule has 2 aliphatic carbocycles. The Labute approximate surface area is 120 Å². The molecule has 3 heteroatoms. The van der Waals surface area contributed by atoms with Crippen molar-refractivity contribution in [2.75, 3.05) is 11.9 Å². The fourth-order valence-corrected chi connectivity index (χ4v) is 4.06. The minimum absolute atomic E-state index is 0.373. The van der Waals surface area contributed by atoms with Gasteiger partial charge in [-0.15, -0.1) is 0 Å². The van der Waals surface area contributed by atoms with E-state index in [0.717, 1.165) is 23.7 Å². The van der Waals surface area contributed by atoms with Crippen molar-refractivity contribution < 1.29 is 4.74 Å². The molecule has 0 saturated heterocycles. The zero-order chi connectivity index (χ0) is 13.3. The molecule has 1 aromatic carbocycles. The Morgan fingerprint density at radius 3 is 2.84 bits per heavy atom. The molecule has 2 unspecified atom stereocenters. The van der Waals surface area contributed by atoms with Crippen LogP contribution in [0.15, 0.2) is 24.3 Å². The lowest BCUT2D eigenvalue weighted by Gasteiger charge is -2.54. The predicted molar refractivity (Wildman–Crippen MR) is 79.8 cm³/mol. The minimum atomic E-state index is 0.373. The van der Waals surface area contributed by atoms with E-state index < -0.39 is 0 Å². The Hall–Kier alpha value is -0.730. The van der Waals surface area contributed by atoms with Gasteiger partial charge in [0.2, 0.25) is 0 Å². The standard InChI is InChI=1S/C16H22ClNO/c1-2-19-15-11-14(16(15)8-3-4-9-16)18-13-7-5-6-12(17)10-13/h5-7,10,14-15,18H,2-4,8-9,11H2,1H3. The van der Waals surface area contributed by atoms with Crippen LogP contribution in [-0.4, -0.2) is 18.8 Å². The molecule has 3 rings (SSSR count). The van der Waals surface area contributed by atoms with Crippen molar-refractivity contribution in [1.82, 2.24) is 0 Å². The third kappa shape index (κ3) is 2.36. The van der Waals surface area contributed by atoms with Gasteiger partial charge in [0.15, 0.2) is 0 Å². The number of hydrogen-bond acceptors (Lipinski definition) is 2. The van der Waals surface area contributed by atoms with Gasteiger partial charge in [0.25, 0.3) is 0 Å². The molecule has 2 atom stereocenters. The van der Waals surface area contributed by atoms with E-state index in [0.29, 0.717) is 17.6 Å². The van der Waals surface area contributed by atoms with E-state index in [4.69, 9.17) is 16.3 Å². The number of nitrogens with one attached hydrogen (secondary N) is 1. The van der Waals surface area contributed by atoms with Gasteiger partial charge in [0.05, 0.1) is 6.10 Å². The number of hydrogen-bond donors (Lipinski definition) is 1. The molecule has 2 nitrogen and oxygen atoms in total. The summed E-state index contributed by atoms with van der Waals surface area (Å²) in [7, 11) is 0. The largest absolute Gasteiger partial charge is 0.382 e. The Morgan fingerprint density at radius 1 is 1.37 bits per heavy atom. The quantitative estimate of drug-likeness (QED) is 0.877. The maximum absolute atomic E-state index is 6.05. The summed E-state index contributed by atoms with van der Waals surface area (Å²) in [5.74, 6) is 0. The zero-order valence-electron chi connectivity index (χ0n) is 11.5. The Bertz CT molecular complexity index is 442. The summed E-state index contributed by atoms with van der Waals surface area (Å²) >= 11 is 6.05. The van der Waals surface area contributed by atoms with Gasteiger partial charge in [0.1, 0.15) is 0 Å². The van der Waals surface area contributed by atoms with Crippen LogP contribution in [0.5, 0.6) is 0 Å². The van der Waals surface area contributed by atoms with Crippen molar-refractivity contribution in [2.24, 2.45) is 5.41 Å². The molecule has 0 heterocycles. The van der Waals surface area contributed by atoms with Gasteiger partial charge in [-0.25, -0.2) is 0 Å². The van der Waals surface area contributed by atoms with Crippen molar-refractivity contribution >= 4 is 17.3 Å². The molecule has 0 aliphatic heterocycles. The fraction of sp³-hybridized carbons (Fsp3) is 0.625. The normalized spacial score (nSPS) is 28.3. The first-order chi connectivity index (χ1) is 9.24. The molecule has 1 aromatic rings. The highest BCUT2D eigenvalue weighted by Crippen LogP contribution is 2.55. The first-order valence-electron chi connectivity index (χ1n) is 7.38. The van der Waals surface area contributed by atoms with Crippen LogP contribution in [0.1, 0.15) is 39.0 Å². The summed E-state index contributed by atoms with van der Waals surface area (Å²) in [5.41, 5.74) is 1.51. The first kappa shape index (κ1) is 13.3. The van der Waals surface area contributed by atoms with E-state index >= 15 is 0 Å². The topological polar surface area (TPSA) is 21.3 Å². The number of benzene rings is 1. The van der Waals surface area contributed by atoms with Gasteiger partial charge in [-0.1, -0.05) is 30.5 Å². The summed E-state index contributed by atoms with van der Waals surface area (Å²) in [5, 5.41) is 4.47. The van der Waals surface area contributed by atoms with E-state index in [9.17, 15) is 0 Å². The van der Waals surface area contributed by atoms with Crippen LogP contribution >= 0.6 is 11.6 Å². The maximum atomic E-state index is 6.05. The Morgan fingerprint density at radius 2 is 2.16 bits per heavy atom. The van der Waals surface area contributed by atoms with Crippen LogP contribution in [0.2, 0.25) is 5.02 Å². The molecule has 19 heavy (non-hydrogen) atoms. The molecule has 0 amide bonds. The molecular weight excluding hydrogens is 258 g/mol. The number of anilines is 1. The Balaban J connectivity index is 1.72. The molecule has 0 radical (unpaired) electrons. The highest BCUT2D eigenvalue weighted by atomic mass is 35.5. The van der Waals surface area contributed by atoms with Crippen LogP contribution in [0.3, 0.4) is 0 Å². The van der Waals surface area contributed by atoms with Crippen LogP contribution in [-0.2, 0) is 4.74 Å². The van der Waals surface area contributed by atoms with Crippen LogP contribution < -0.4 is 5.32 Å².